The average Bonchev–Trinajstić information content (AvgIpc) is 2.94. The van der Waals surface area contributed by atoms with E-state index in [1.165, 1.54) is 0 Å². The molecule has 0 heterocycles. The normalized spacial score (nSPS) is 21.5. The van der Waals surface area contributed by atoms with Gasteiger partial charge in [0.05, 0.1) is 6.04 Å². The van der Waals surface area contributed by atoms with E-state index in [1.54, 1.807) is 12.1 Å². The summed E-state index contributed by atoms with van der Waals surface area (Å²) in [5, 5.41) is 3.16. The van der Waals surface area contributed by atoms with Crippen LogP contribution in [0.3, 0.4) is 0 Å². The highest BCUT2D eigenvalue weighted by atomic mass is 28.4. The van der Waals surface area contributed by atoms with Gasteiger partial charge in [-0.25, -0.2) is 4.79 Å². The van der Waals surface area contributed by atoms with Crippen LogP contribution in [0.25, 0.3) is 0 Å². The summed E-state index contributed by atoms with van der Waals surface area (Å²) >= 11 is 0. The van der Waals surface area contributed by atoms with Crippen LogP contribution in [0, 0.1) is 17.8 Å². The van der Waals surface area contributed by atoms with Crippen LogP contribution < -0.4 is 5.32 Å². The molecule has 2 aromatic rings. The molecule has 0 aromatic heterocycles. The van der Waals surface area contributed by atoms with Crippen LogP contribution in [0.1, 0.15) is 82.8 Å². The topological polar surface area (TPSA) is 64.6 Å². The number of hydrogen-bond donors (Lipinski definition) is 1. The molecule has 5 nitrogen and oxygen atoms in total. The van der Waals surface area contributed by atoms with E-state index in [0.717, 1.165) is 43.0 Å². The molecule has 0 spiro atoms. The lowest BCUT2D eigenvalue weighted by atomic mass is 9.75. The quantitative estimate of drug-likeness (QED) is 0.224. The fourth-order valence-corrected chi connectivity index (χ4v) is 8.57. The van der Waals surface area contributed by atoms with Crippen LogP contribution >= 0.6 is 0 Å². The van der Waals surface area contributed by atoms with Crippen molar-refractivity contribution in [3.8, 4) is 0 Å². The van der Waals surface area contributed by atoms with Gasteiger partial charge >= 0.3 is 5.97 Å². The van der Waals surface area contributed by atoms with Crippen molar-refractivity contribution in [3.05, 3.63) is 71.8 Å². The first-order chi connectivity index (χ1) is 18.2. The third kappa shape index (κ3) is 7.57. The predicted octanol–water partition coefficient (Wildman–Crippen LogP) is 7.55. The van der Waals surface area contributed by atoms with Crippen molar-refractivity contribution in [2.45, 2.75) is 97.2 Å². The van der Waals surface area contributed by atoms with Gasteiger partial charge in [0.1, 0.15) is 6.10 Å². The molecular weight excluding hydrogens is 490 g/mol. The lowest BCUT2D eigenvalue weighted by Crippen LogP contribution is -2.51. The monoisotopic (exact) mass is 537 g/mol. The van der Waals surface area contributed by atoms with Gasteiger partial charge in [-0.05, 0) is 66.4 Å². The van der Waals surface area contributed by atoms with Gasteiger partial charge in [-0.15, -0.1) is 0 Å². The summed E-state index contributed by atoms with van der Waals surface area (Å²) < 4.78 is 13.3. The van der Waals surface area contributed by atoms with Crippen LogP contribution in [0.2, 0.25) is 18.1 Å². The highest BCUT2D eigenvalue weighted by Crippen LogP contribution is 2.37. The van der Waals surface area contributed by atoms with E-state index in [0.29, 0.717) is 23.3 Å². The molecule has 1 saturated carbocycles. The molecule has 38 heavy (non-hydrogen) atoms. The van der Waals surface area contributed by atoms with Gasteiger partial charge < -0.3 is 14.5 Å². The Bertz CT molecular complexity index is 1000. The molecular formula is C32H47NO4Si. The number of nitrogens with one attached hydrogen (secondary N) is 1. The third-order valence-corrected chi connectivity index (χ3v) is 13.2. The number of carbonyl (C=O) groups excluding carboxylic acids is 2. The van der Waals surface area contributed by atoms with Gasteiger partial charge in [0.15, 0.2) is 14.4 Å². The third-order valence-electron chi connectivity index (χ3n) is 8.56. The number of ether oxygens (including phenoxy) is 1. The molecule has 208 valence electrons. The zero-order valence-corrected chi connectivity index (χ0v) is 25.1. The van der Waals surface area contributed by atoms with E-state index < -0.39 is 20.5 Å². The molecule has 0 bridgehead atoms. The van der Waals surface area contributed by atoms with Crippen LogP contribution in [-0.4, -0.2) is 32.4 Å². The van der Waals surface area contributed by atoms with Crippen molar-refractivity contribution in [3.63, 3.8) is 0 Å². The molecule has 1 amide bonds. The van der Waals surface area contributed by atoms with Crippen molar-refractivity contribution >= 4 is 20.2 Å². The van der Waals surface area contributed by atoms with E-state index >= 15 is 0 Å². The first-order valence-electron chi connectivity index (χ1n) is 14.5. The molecule has 0 aliphatic heterocycles. The Morgan fingerprint density at radius 1 is 0.921 bits per heavy atom. The van der Waals surface area contributed by atoms with E-state index in [4.69, 9.17) is 9.16 Å². The molecule has 1 fully saturated rings. The summed E-state index contributed by atoms with van der Waals surface area (Å²) in [5.74, 6) is 0.682. The number of amides is 1. The zero-order valence-electron chi connectivity index (χ0n) is 24.1. The summed E-state index contributed by atoms with van der Waals surface area (Å²) in [4.78, 5) is 27.6. The van der Waals surface area contributed by atoms with Crippen molar-refractivity contribution in [2.75, 3.05) is 0 Å². The molecule has 1 N–H and O–H groups in total. The Kier molecular flexibility index (Phi) is 11.2. The number of hydrogen-bond acceptors (Lipinski definition) is 4. The lowest BCUT2D eigenvalue weighted by molar-refractivity contribution is -0.166. The van der Waals surface area contributed by atoms with Gasteiger partial charge in [0, 0.05) is 5.56 Å². The maximum absolute atomic E-state index is 14.2. The fourth-order valence-electron chi connectivity index (χ4n) is 5.80. The Morgan fingerprint density at radius 3 is 2.05 bits per heavy atom. The summed E-state index contributed by atoms with van der Waals surface area (Å²) in [7, 11) is -2.24. The maximum Gasteiger partial charge on any atom is 0.336 e. The summed E-state index contributed by atoms with van der Waals surface area (Å²) in [6.07, 6.45) is 2.04. The Balaban J connectivity index is 2.01. The number of carbonyl (C=O) groups is 2. The molecule has 2 unspecified atom stereocenters. The van der Waals surface area contributed by atoms with Gasteiger partial charge in [0.2, 0.25) is 0 Å². The van der Waals surface area contributed by atoms with Crippen LogP contribution in [0.4, 0.5) is 0 Å². The SMILES string of the molecule is CC[Si](CC)(CC)O[C@@H](C(=O)O[C@H]1C[C@@H](C)CCC1C(C)C)C(NC(=O)c1ccccc1)c1ccccc1. The van der Waals surface area contributed by atoms with Gasteiger partial charge in [-0.1, -0.05) is 96.5 Å². The summed E-state index contributed by atoms with van der Waals surface area (Å²) in [6, 6.07) is 20.9. The van der Waals surface area contributed by atoms with Crippen LogP contribution in [0.5, 0.6) is 0 Å². The number of rotatable bonds is 12. The van der Waals surface area contributed by atoms with Crippen molar-refractivity contribution < 1.29 is 18.8 Å². The van der Waals surface area contributed by atoms with Crippen molar-refractivity contribution in [2.24, 2.45) is 17.8 Å². The minimum absolute atomic E-state index is 0.139. The minimum atomic E-state index is -2.24. The van der Waals surface area contributed by atoms with Crippen LogP contribution in [0.15, 0.2) is 60.7 Å². The standard InChI is InChI=1S/C32H47NO4Si/c1-7-38(8-2,9-3)37-30(32(35)36-28-22-24(6)20-21-27(28)23(4)5)29(25-16-12-10-13-17-25)33-31(34)26-18-14-11-15-19-26/h10-19,23-24,27-30H,7-9,20-22H2,1-6H3,(H,33,34)/t24-,27?,28-,29?,30+/m0/s1. The Hall–Kier alpha value is -2.44. The van der Waals surface area contributed by atoms with Crippen molar-refractivity contribution in [1.29, 1.82) is 0 Å². The van der Waals surface area contributed by atoms with Gasteiger partial charge in [-0.3, -0.25) is 4.79 Å². The van der Waals surface area contributed by atoms with E-state index in [2.05, 4.69) is 46.9 Å². The van der Waals surface area contributed by atoms with Crippen LogP contribution in [-0.2, 0) is 14.0 Å². The Labute approximate surface area is 230 Å². The second kappa shape index (κ2) is 14.1. The smallest absolute Gasteiger partial charge is 0.336 e. The van der Waals surface area contributed by atoms with E-state index in [9.17, 15) is 9.59 Å². The molecule has 0 saturated heterocycles. The molecule has 3 rings (SSSR count). The minimum Gasteiger partial charge on any atom is -0.460 e. The maximum atomic E-state index is 14.2. The Morgan fingerprint density at radius 2 is 1.50 bits per heavy atom. The summed E-state index contributed by atoms with van der Waals surface area (Å²) in [6.45, 7) is 13.1. The fraction of sp³-hybridized carbons (Fsp3) is 0.562. The first kappa shape index (κ1) is 30.1. The lowest BCUT2D eigenvalue weighted by Gasteiger charge is -2.40. The van der Waals surface area contributed by atoms with E-state index in [-0.39, 0.29) is 18.0 Å². The number of esters is 1. The summed E-state index contributed by atoms with van der Waals surface area (Å²) in [5.41, 5.74) is 1.38. The average molecular weight is 538 g/mol. The molecule has 2 aromatic carbocycles. The predicted molar refractivity (Wildman–Crippen MR) is 156 cm³/mol. The molecule has 0 radical (unpaired) electrons. The molecule has 5 atom stereocenters. The second-order valence-corrected chi connectivity index (χ2v) is 16.0. The first-order valence-corrected chi connectivity index (χ1v) is 17.1. The molecule has 6 heteroatoms. The van der Waals surface area contributed by atoms with E-state index in [1.807, 2.05) is 48.5 Å². The second-order valence-electron chi connectivity index (χ2n) is 11.3. The zero-order chi connectivity index (χ0) is 27.7. The molecule has 1 aliphatic carbocycles. The highest BCUT2D eigenvalue weighted by molar-refractivity contribution is 6.73. The largest absolute Gasteiger partial charge is 0.460 e. The molecule has 1 aliphatic rings. The van der Waals surface area contributed by atoms with Crippen molar-refractivity contribution in [1.82, 2.24) is 5.32 Å². The highest BCUT2D eigenvalue weighted by Gasteiger charge is 2.43. The van der Waals surface area contributed by atoms with Gasteiger partial charge in [0.25, 0.3) is 5.91 Å². The van der Waals surface area contributed by atoms with Gasteiger partial charge in [-0.2, -0.15) is 0 Å². The number of benzene rings is 2.